The van der Waals surface area contributed by atoms with Gasteiger partial charge in [0.1, 0.15) is 31.8 Å². The molecule has 0 aliphatic rings. The average molecular weight is 386 g/mol. The lowest BCUT2D eigenvalue weighted by atomic mass is 10.1. The summed E-state index contributed by atoms with van der Waals surface area (Å²) in [6, 6.07) is 11.6. The number of carbonyl (C=O) groups is 2. The molecule has 2 rings (SSSR count). The van der Waals surface area contributed by atoms with E-state index in [9.17, 15) is 14.7 Å². The van der Waals surface area contributed by atoms with E-state index >= 15 is 0 Å². The van der Waals surface area contributed by atoms with E-state index in [-0.39, 0.29) is 31.4 Å². The standard InChI is InChI=1S/C20H22N2O6/c1-3-27-19(24)12-21-20(25)15-9-7-14(8-10-15)13-28-18-6-4-5-17(23)16(18)11-22-26-2/h4-11,23H,3,12-13H2,1-2H3,(H,21,25)/b22-11+. The molecule has 2 N–H and O–H groups in total. The molecule has 1 amide bonds. The highest BCUT2D eigenvalue weighted by Gasteiger charge is 2.10. The summed E-state index contributed by atoms with van der Waals surface area (Å²) in [6.45, 7) is 2.01. The maximum absolute atomic E-state index is 12.0. The van der Waals surface area contributed by atoms with Crippen LogP contribution in [0.4, 0.5) is 0 Å². The molecule has 0 aliphatic heterocycles. The second-order valence-corrected chi connectivity index (χ2v) is 5.58. The molecule has 0 aromatic heterocycles. The Labute approximate surface area is 162 Å². The van der Waals surface area contributed by atoms with Crippen LogP contribution in [0, 0.1) is 0 Å². The molecular weight excluding hydrogens is 364 g/mol. The first-order valence-corrected chi connectivity index (χ1v) is 8.59. The summed E-state index contributed by atoms with van der Waals surface area (Å²) >= 11 is 0. The van der Waals surface area contributed by atoms with Crippen LogP contribution >= 0.6 is 0 Å². The third-order valence-electron chi connectivity index (χ3n) is 3.64. The average Bonchev–Trinajstić information content (AvgIpc) is 2.70. The largest absolute Gasteiger partial charge is 0.507 e. The second kappa shape index (κ2) is 10.6. The number of aromatic hydroxyl groups is 1. The number of phenols is 1. The van der Waals surface area contributed by atoms with E-state index in [1.807, 2.05) is 0 Å². The number of nitrogens with one attached hydrogen (secondary N) is 1. The Hall–Kier alpha value is -3.55. The molecule has 0 saturated carbocycles. The number of rotatable bonds is 9. The van der Waals surface area contributed by atoms with Gasteiger partial charge < -0.3 is 24.7 Å². The highest BCUT2D eigenvalue weighted by Crippen LogP contribution is 2.26. The number of oxime groups is 1. The predicted octanol–water partition coefficient (Wildman–Crippen LogP) is 2.24. The first kappa shape index (κ1) is 20.8. The maximum Gasteiger partial charge on any atom is 0.325 e. The Kier molecular flexibility index (Phi) is 7.83. The number of hydrogen-bond acceptors (Lipinski definition) is 7. The molecule has 0 atom stereocenters. The van der Waals surface area contributed by atoms with Gasteiger partial charge in [-0.3, -0.25) is 9.59 Å². The fraction of sp³-hybridized carbons (Fsp3) is 0.250. The third-order valence-corrected chi connectivity index (χ3v) is 3.64. The molecule has 0 spiro atoms. The molecule has 0 bridgehead atoms. The van der Waals surface area contributed by atoms with Crippen LogP contribution in [-0.4, -0.2) is 43.5 Å². The van der Waals surface area contributed by atoms with Crippen molar-refractivity contribution in [2.75, 3.05) is 20.3 Å². The number of ether oxygens (including phenoxy) is 2. The number of phenolic OH excluding ortho intramolecular Hbond substituents is 1. The maximum atomic E-state index is 12.0. The number of benzene rings is 2. The number of nitrogens with zero attached hydrogens (tertiary/aromatic N) is 1. The minimum atomic E-state index is -0.486. The fourth-order valence-electron chi connectivity index (χ4n) is 2.27. The van der Waals surface area contributed by atoms with Gasteiger partial charge in [-0.1, -0.05) is 23.4 Å². The summed E-state index contributed by atoms with van der Waals surface area (Å²) in [7, 11) is 1.40. The monoisotopic (exact) mass is 386 g/mol. The van der Waals surface area contributed by atoms with Crippen molar-refractivity contribution in [2.45, 2.75) is 13.5 Å². The van der Waals surface area contributed by atoms with Crippen LogP contribution < -0.4 is 10.1 Å². The first-order valence-electron chi connectivity index (χ1n) is 8.59. The topological polar surface area (TPSA) is 106 Å². The lowest BCUT2D eigenvalue weighted by Crippen LogP contribution is -2.30. The Bertz CT molecular complexity index is 833. The Morgan fingerprint density at radius 2 is 1.93 bits per heavy atom. The summed E-state index contributed by atoms with van der Waals surface area (Å²) in [6.07, 6.45) is 1.36. The lowest BCUT2D eigenvalue weighted by molar-refractivity contribution is -0.141. The Balaban J connectivity index is 1.96. The van der Waals surface area contributed by atoms with Crippen LogP contribution in [0.3, 0.4) is 0 Å². The second-order valence-electron chi connectivity index (χ2n) is 5.58. The molecule has 0 radical (unpaired) electrons. The molecule has 148 valence electrons. The van der Waals surface area contributed by atoms with E-state index in [1.165, 1.54) is 19.4 Å². The van der Waals surface area contributed by atoms with Crippen molar-refractivity contribution in [1.82, 2.24) is 5.32 Å². The van der Waals surface area contributed by atoms with Gasteiger partial charge in [-0.25, -0.2) is 0 Å². The van der Waals surface area contributed by atoms with Gasteiger partial charge in [0.05, 0.1) is 18.4 Å². The summed E-state index contributed by atoms with van der Waals surface area (Å²) < 4.78 is 10.5. The normalized spacial score (nSPS) is 10.5. The van der Waals surface area contributed by atoms with Crippen molar-refractivity contribution in [1.29, 1.82) is 0 Å². The summed E-state index contributed by atoms with van der Waals surface area (Å²) in [5, 5.41) is 16.1. The van der Waals surface area contributed by atoms with Gasteiger partial charge in [-0.2, -0.15) is 0 Å². The van der Waals surface area contributed by atoms with Crippen LogP contribution in [-0.2, 0) is 21.0 Å². The van der Waals surface area contributed by atoms with Crippen LogP contribution in [0.5, 0.6) is 11.5 Å². The molecule has 2 aromatic carbocycles. The molecule has 0 aliphatic carbocycles. The van der Waals surface area contributed by atoms with Gasteiger partial charge in [-0.15, -0.1) is 0 Å². The fourth-order valence-corrected chi connectivity index (χ4v) is 2.27. The molecule has 0 saturated heterocycles. The van der Waals surface area contributed by atoms with Crippen LogP contribution in [0.15, 0.2) is 47.6 Å². The van der Waals surface area contributed by atoms with Gasteiger partial charge in [0.15, 0.2) is 0 Å². The van der Waals surface area contributed by atoms with E-state index in [0.717, 1.165) is 5.56 Å². The van der Waals surface area contributed by atoms with Crippen molar-refractivity contribution in [3.63, 3.8) is 0 Å². The van der Waals surface area contributed by atoms with Gasteiger partial charge in [0, 0.05) is 5.56 Å². The Morgan fingerprint density at radius 1 is 1.18 bits per heavy atom. The highest BCUT2D eigenvalue weighted by molar-refractivity contribution is 5.95. The summed E-state index contributed by atoms with van der Waals surface area (Å²) in [5.74, 6) is -0.393. The highest BCUT2D eigenvalue weighted by atomic mass is 16.6. The van der Waals surface area contributed by atoms with Crippen LogP contribution in [0.1, 0.15) is 28.4 Å². The zero-order valence-corrected chi connectivity index (χ0v) is 15.7. The molecule has 0 unspecified atom stereocenters. The van der Waals surface area contributed by atoms with Gasteiger partial charge in [0.25, 0.3) is 5.91 Å². The van der Waals surface area contributed by atoms with Crippen LogP contribution in [0.2, 0.25) is 0 Å². The molecule has 0 heterocycles. The SMILES string of the molecule is CCOC(=O)CNC(=O)c1ccc(COc2cccc(O)c2/C=N/OC)cc1. The van der Waals surface area contributed by atoms with E-state index < -0.39 is 5.97 Å². The number of carbonyl (C=O) groups excluding carboxylic acids is 2. The van der Waals surface area contributed by atoms with Crippen LogP contribution in [0.25, 0.3) is 0 Å². The predicted molar refractivity (Wildman–Crippen MR) is 102 cm³/mol. The van der Waals surface area contributed by atoms with Crippen molar-refractivity contribution in [2.24, 2.45) is 5.16 Å². The van der Waals surface area contributed by atoms with E-state index in [4.69, 9.17) is 9.47 Å². The van der Waals surface area contributed by atoms with E-state index in [2.05, 4.69) is 15.3 Å². The molecule has 2 aromatic rings. The summed E-state index contributed by atoms with van der Waals surface area (Å²) in [5.41, 5.74) is 1.64. The quantitative estimate of drug-likeness (QED) is 0.389. The molecular formula is C20H22N2O6. The zero-order chi connectivity index (χ0) is 20.4. The summed E-state index contributed by atoms with van der Waals surface area (Å²) in [4.78, 5) is 27.9. The third kappa shape index (κ3) is 6.01. The zero-order valence-electron chi connectivity index (χ0n) is 15.7. The lowest BCUT2D eigenvalue weighted by Gasteiger charge is -2.11. The van der Waals surface area contributed by atoms with E-state index in [1.54, 1.807) is 43.3 Å². The smallest absolute Gasteiger partial charge is 0.325 e. The molecule has 8 nitrogen and oxygen atoms in total. The minimum Gasteiger partial charge on any atom is -0.507 e. The number of esters is 1. The first-order chi connectivity index (χ1) is 13.5. The van der Waals surface area contributed by atoms with Gasteiger partial charge in [-0.05, 0) is 36.8 Å². The number of amides is 1. The van der Waals surface area contributed by atoms with E-state index in [0.29, 0.717) is 16.9 Å². The number of hydrogen-bond donors (Lipinski definition) is 2. The van der Waals surface area contributed by atoms with Crippen molar-refractivity contribution < 1.29 is 29.0 Å². The molecule has 28 heavy (non-hydrogen) atoms. The minimum absolute atomic E-state index is 0.0203. The van der Waals surface area contributed by atoms with Gasteiger partial charge >= 0.3 is 5.97 Å². The van der Waals surface area contributed by atoms with Gasteiger partial charge in [0.2, 0.25) is 0 Å². The van der Waals surface area contributed by atoms with Crippen molar-refractivity contribution in [3.05, 3.63) is 59.2 Å². The molecule has 0 fully saturated rings. The van der Waals surface area contributed by atoms with Crippen molar-refractivity contribution >= 4 is 18.1 Å². The van der Waals surface area contributed by atoms with Crippen molar-refractivity contribution in [3.8, 4) is 11.5 Å². The molecule has 8 heteroatoms. The Morgan fingerprint density at radius 3 is 2.61 bits per heavy atom.